The van der Waals surface area contributed by atoms with E-state index in [1.807, 2.05) is 0 Å². The number of hydrogen-bond donors (Lipinski definition) is 0. The van der Waals surface area contributed by atoms with E-state index in [1.165, 1.54) is 23.5 Å². The van der Waals surface area contributed by atoms with Gasteiger partial charge < -0.3 is 0 Å². The molecule has 1 heterocycles. The van der Waals surface area contributed by atoms with Crippen LogP contribution in [-0.2, 0) is 0 Å². The summed E-state index contributed by atoms with van der Waals surface area (Å²) in [6.07, 6.45) is 0. The lowest BCUT2D eigenvalue weighted by Crippen LogP contribution is -1.87. The molecule has 0 spiro atoms. The van der Waals surface area contributed by atoms with Gasteiger partial charge in [-0.25, -0.2) is 4.98 Å². The second-order valence-corrected chi connectivity index (χ2v) is 5.65. The number of nitro benzene ring substituents is 1. The van der Waals surface area contributed by atoms with Gasteiger partial charge in [0.1, 0.15) is 5.01 Å². The summed E-state index contributed by atoms with van der Waals surface area (Å²) < 4.78 is 0.842. The minimum atomic E-state index is -0.512. The molecule has 3 aromatic rings. The number of carbonyl (C=O) groups excluding carboxylic acids is 1. The fraction of sp³-hybridized carbons (Fsp3) is 0. The van der Waals surface area contributed by atoms with E-state index in [1.54, 1.807) is 30.3 Å². The summed E-state index contributed by atoms with van der Waals surface area (Å²) in [7, 11) is 0. The number of fused-ring (bicyclic) bond motifs is 1. The molecule has 0 radical (unpaired) electrons. The molecular weight excluding hydrogens is 312 g/mol. The van der Waals surface area contributed by atoms with Crippen LogP contribution in [0.15, 0.2) is 42.5 Å². The molecule has 0 aliphatic heterocycles. The molecule has 0 fully saturated rings. The first-order chi connectivity index (χ1) is 10.0. The third kappa shape index (κ3) is 2.63. The molecule has 21 heavy (non-hydrogen) atoms. The number of aromatic nitrogens is 1. The molecule has 0 saturated heterocycles. The van der Waals surface area contributed by atoms with Gasteiger partial charge in [-0.15, -0.1) is 11.3 Å². The molecule has 1 aromatic heterocycles. The van der Waals surface area contributed by atoms with Gasteiger partial charge in [0, 0.05) is 23.3 Å². The maximum Gasteiger partial charge on any atom is 0.269 e. The van der Waals surface area contributed by atoms with E-state index < -0.39 is 10.2 Å². The van der Waals surface area contributed by atoms with Crippen LogP contribution >= 0.6 is 22.9 Å². The molecule has 0 atom stereocenters. The highest BCUT2D eigenvalue weighted by molar-refractivity contribution is 7.21. The maximum atomic E-state index is 11.2. The summed E-state index contributed by atoms with van der Waals surface area (Å²) >= 11 is 6.86. The number of hydrogen-bond acceptors (Lipinski definition) is 5. The fourth-order valence-corrected chi connectivity index (χ4v) is 3.02. The maximum absolute atomic E-state index is 11.2. The molecule has 0 amide bonds. The highest BCUT2D eigenvalue weighted by Crippen LogP contribution is 2.31. The lowest BCUT2D eigenvalue weighted by Gasteiger charge is -1.95. The van der Waals surface area contributed by atoms with Gasteiger partial charge in [-0.1, -0.05) is 0 Å². The first kappa shape index (κ1) is 13.7. The number of non-ortho nitro benzene ring substituents is 1. The smallest absolute Gasteiger partial charge is 0.269 e. The number of carbonyl (C=O) groups is 1. The van der Waals surface area contributed by atoms with Crippen molar-refractivity contribution in [3.8, 4) is 10.6 Å². The van der Waals surface area contributed by atoms with Crippen LogP contribution in [0, 0.1) is 10.1 Å². The summed E-state index contributed by atoms with van der Waals surface area (Å²) in [6, 6.07) is 11.2. The van der Waals surface area contributed by atoms with E-state index in [-0.39, 0.29) is 5.69 Å². The van der Waals surface area contributed by atoms with Crippen molar-refractivity contribution in [1.29, 1.82) is 0 Å². The van der Waals surface area contributed by atoms with Crippen molar-refractivity contribution < 1.29 is 9.72 Å². The van der Waals surface area contributed by atoms with E-state index in [2.05, 4.69) is 4.98 Å². The highest BCUT2D eigenvalue weighted by atomic mass is 35.5. The van der Waals surface area contributed by atoms with Crippen LogP contribution in [0.3, 0.4) is 0 Å². The van der Waals surface area contributed by atoms with Crippen molar-refractivity contribution in [2.75, 3.05) is 0 Å². The largest absolute Gasteiger partial charge is 0.276 e. The molecule has 0 N–H and O–H groups in total. The van der Waals surface area contributed by atoms with Crippen LogP contribution in [0.25, 0.3) is 20.8 Å². The molecule has 0 aliphatic rings. The van der Waals surface area contributed by atoms with Crippen LogP contribution in [0.4, 0.5) is 5.69 Å². The Morgan fingerprint density at radius 3 is 2.52 bits per heavy atom. The van der Waals surface area contributed by atoms with Crippen molar-refractivity contribution in [1.82, 2.24) is 4.98 Å². The first-order valence-electron chi connectivity index (χ1n) is 5.90. The molecule has 3 rings (SSSR count). The summed E-state index contributed by atoms with van der Waals surface area (Å²) in [5.41, 5.74) is 2.01. The van der Waals surface area contributed by atoms with Gasteiger partial charge in [0.15, 0.2) is 0 Å². The first-order valence-corrected chi connectivity index (χ1v) is 7.09. The van der Waals surface area contributed by atoms with E-state index in [0.29, 0.717) is 5.56 Å². The van der Waals surface area contributed by atoms with E-state index in [4.69, 9.17) is 11.6 Å². The summed E-state index contributed by atoms with van der Waals surface area (Å²) in [4.78, 5) is 25.8. The van der Waals surface area contributed by atoms with Crippen LogP contribution in [0.5, 0.6) is 0 Å². The zero-order valence-electron chi connectivity index (χ0n) is 10.4. The van der Waals surface area contributed by atoms with Gasteiger partial charge in [-0.3, -0.25) is 14.9 Å². The zero-order valence-corrected chi connectivity index (χ0v) is 12.0. The zero-order chi connectivity index (χ0) is 15.0. The average Bonchev–Trinajstić information content (AvgIpc) is 2.90. The SMILES string of the molecule is O=C(Cl)c1ccc2nc(-c3ccc([N+](=O)[O-])cc3)sc2c1. The Kier molecular flexibility index (Phi) is 3.40. The third-order valence-electron chi connectivity index (χ3n) is 2.94. The van der Waals surface area contributed by atoms with Gasteiger partial charge in [-0.05, 0) is 41.9 Å². The number of rotatable bonds is 3. The number of benzene rings is 2. The molecular formula is C14H7ClN2O3S. The molecule has 0 bridgehead atoms. The minimum absolute atomic E-state index is 0.0369. The Hall–Kier alpha value is -2.31. The topological polar surface area (TPSA) is 73.1 Å². The molecule has 0 saturated carbocycles. The summed E-state index contributed by atoms with van der Waals surface area (Å²) in [5.74, 6) is 0. The second kappa shape index (κ2) is 5.23. The Morgan fingerprint density at radius 2 is 1.90 bits per heavy atom. The quantitative estimate of drug-likeness (QED) is 0.411. The monoisotopic (exact) mass is 318 g/mol. The summed E-state index contributed by atoms with van der Waals surface area (Å²) in [5, 5.41) is 10.9. The van der Waals surface area contributed by atoms with Crippen LogP contribution in [0.2, 0.25) is 0 Å². The Morgan fingerprint density at radius 1 is 1.19 bits per heavy atom. The lowest BCUT2D eigenvalue weighted by molar-refractivity contribution is -0.384. The average molecular weight is 319 g/mol. The number of nitrogens with zero attached hydrogens (tertiary/aromatic N) is 2. The Balaban J connectivity index is 2.04. The van der Waals surface area contributed by atoms with Gasteiger partial charge in [0.2, 0.25) is 0 Å². The predicted octanol–water partition coefficient (Wildman–Crippen LogP) is 4.25. The van der Waals surface area contributed by atoms with Crippen molar-refractivity contribution in [3.05, 3.63) is 58.1 Å². The number of nitro groups is 1. The van der Waals surface area contributed by atoms with Crippen LogP contribution < -0.4 is 0 Å². The standard InChI is InChI=1S/C14H7ClN2O3S/c15-13(18)9-3-6-11-12(7-9)21-14(16-11)8-1-4-10(5-2-8)17(19)20/h1-7H. The normalized spacial score (nSPS) is 10.7. The van der Waals surface area contributed by atoms with Gasteiger partial charge in [0.25, 0.3) is 10.9 Å². The van der Waals surface area contributed by atoms with Gasteiger partial charge >= 0.3 is 0 Å². The van der Waals surface area contributed by atoms with Crippen molar-refractivity contribution in [2.24, 2.45) is 0 Å². The van der Waals surface area contributed by atoms with Crippen LogP contribution in [0.1, 0.15) is 10.4 Å². The molecule has 2 aromatic carbocycles. The molecule has 7 heteroatoms. The Labute approximate surface area is 128 Å². The molecule has 0 unspecified atom stereocenters. The van der Waals surface area contributed by atoms with Gasteiger partial charge in [-0.2, -0.15) is 0 Å². The fourth-order valence-electron chi connectivity index (χ4n) is 1.90. The third-order valence-corrected chi connectivity index (χ3v) is 4.23. The lowest BCUT2D eigenvalue weighted by atomic mass is 10.2. The Bertz CT molecular complexity index is 858. The van der Waals surface area contributed by atoms with Gasteiger partial charge in [0.05, 0.1) is 15.1 Å². The highest BCUT2D eigenvalue weighted by Gasteiger charge is 2.11. The number of thiazole rings is 1. The van der Waals surface area contributed by atoms with E-state index in [0.717, 1.165) is 20.8 Å². The summed E-state index contributed by atoms with van der Waals surface area (Å²) in [6.45, 7) is 0. The number of halogens is 1. The minimum Gasteiger partial charge on any atom is -0.276 e. The molecule has 5 nitrogen and oxygen atoms in total. The van der Waals surface area contributed by atoms with Crippen molar-refractivity contribution in [3.63, 3.8) is 0 Å². The van der Waals surface area contributed by atoms with E-state index in [9.17, 15) is 14.9 Å². The van der Waals surface area contributed by atoms with E-state index >= 15 is 0 Å². The second-order valence-electron chi connectivity index (χ2n) is 4.28. The van der Waals surface area contributed by atoms with Crippen molar-refractivity contribution in [2.45, 2.75) is 0 Å². The van der Waals surface area contributed by atoms with Crippen molar-refractivity contribution >= 4 is 44.1 Å². The molecule has 0 aliphatic carbocycles. The molecule has 104 valence electrons. The van der Waals surface area contributed by atoms with Crippen LogP contribution in [-0.4, -0.2) is 15.1 Å². The predicted molar refractivity (Wildman–Crippen MR) is 81.9 cm³/mol.